The molecule has 3 aromatic carbocycles. The van der Waals surface area contributed by atoms with E-state index in [1.165, 1.54) is 16.7 Å². The summed E-state index contributed by atoms with van der Waals surface area (Å²) in [5, 5.41) is 13.6. The zero-order chi connectivity index (χ0) is 15.6. The summed E-state index contributed by atoms with van der Waals surface area (Å²) in [5.74, 6) is 0.267. The number of halogens is 2. The number of benzene rings is 3. The van der Waals surface area contributed by atoms with E-state index in [9.17, 15) is 5.11 Å². The summed E-state index contributed by atoms with van der Waals surface area (Å²) in [7, 11) is 0. The first-order chi connectivity index (χ1) is 10.4. The molecule has 1 N–H and O–H groups in total. The Bertz CT molecular complexity index is 942. The van der Waals surface area contributed by atoms with Crippen LogP contribution >= 0.6 is 23.2 Å². The van der Waals surface area contributed by atoms with Crippen LogP contribution < -0.4 is 0 Å². The Labute approximate surface area is 139 Å². The topological polar surface area (TPSA) is 20.2 Å². The number of aromatic hydroxyl groups is 1. The van der Waals surface area contributed by atoms with Gasteiger partial charge in [-0.05, 0) is 58.0 Å². The molecule has 22 heavy (non-hydrogen) atoms. The summed E-state index contributed by atoms with van der Waals surface area (Å²) in [5.41, 5.74) is 4.47. The molecular formula is C19H14Cl2O. The summed E-state index contributed by atoms with van der Waals surface area (Å²) in [6.07, 6.45) is 0. The molecule has 0 bridgehead atoms. The van der Waals surface area contributed by atoms with E-state index >= 15 is 0 Å². The molecule has 0 saturated carbocycles. The largest absolute Gasteiger partial charge is 0.507 e. The average molecular weight is 329 g/mol. The van der Waals surface area contributed by atoms with E-state index in [1.807, 2.05) is 36.4 Å². The second-order valence-electron chi connectivity index (χ2n) is 6.32. The Kier molecular flexibility index (Phi) is 2.79. The van der Waals surface area contributed by atoms with E-state index in [0.29, 0.717) is 5.02 Å². The van der Waals surface area contributed by atoms with Gasteiger partial charge in [-0.2, -0.15) is 0 Å². The molecular weight excluding hydrogens is 315 g/mol. The zero-order valence-corrected chi connectivity index (χ0v) is 13.8. The lowest BCUT2D eigenvalue weighted by atomic mass is 9.82. The minimum atomic E-state index is -0.194. The molecule has 3 heteroatoms. The molecule has 110 valence electrons. The third-order valence-corrected chi connectivity index (χ3v) is 5.15. The van der Waals surface area contributed by atoms with Crippen LogP contribution in [-0.2, 0) is 5.41 Å². The average Bonchev–Trinajstić information content (AvgIpc) is 2.68. The maximum atomic E-state index is 10.4. The molecule has 3 aromatic rings. The van der Waals surface area contributed by atoms with Gasteiger partial charge in [0, 0.05) is 20.8 Å². The SMILES string of the molecule is CC1(C)c2cc(Cl)ccc2-c2c1cc(O)c1cc(Cl)ccc21. The van der Waals surface area contributed by atoms with Gasteiger partial charge in [-0.3, -0.25) is 0 Å². The van der Waals surface area contributed by atoms with E-state index < -0.39 is 0 Å². The maximum Gasteiger partial charge on any atom is 0.123 e. The summed E-state index contributed by atoms with van der Waals surface area (Å²) >= 11 is 12.3. The van der Waals surface area contributed by atoms with Gasteiger partial charge >= 0.3 is 0 Å². The molecule has 0 aromatic heterocycles. The fourth-order valence-corrected chi connectivity index (χ4v) is 3.90. The number of phenolic OH excluding ortho intramolecular Hbond substituents is 1. The molecule has 0 unspecified atom stereocenters. The van der Waals surface area contributed by atoms with Gasteiger partial charge in [-0.25, -0.2) is 0 Å². The number of fused-ring (bicyclic) bond motifs is 5. The zero-order valence-electron chi connectivity index (χ0n) is 12.2. The Balaban J connectivity index is 2.20. The van der Waals surface area contributed by atoms with Crippen LogP contribution in [0, 0.1) is 0 Å². The van der Waals surface area contributed by atoms with E-state index in [2.05, 4.69) is 19.9 Å². The smallest absolute Gasteiger partial charge is 0.123 e. The number of hydrogen-bond acceptors (Lipinski definition) is 1. The van der Waals surface area contributed by atoms with Crippen molar-refractivity contribution in [3.63, 3.8) is 0 Å². The van der Waals surface area contributed by atoms with Gasteiger partial charge in [-0.1, -0.05) is 49.2 Å². The summed E-state index contributed by atoms with van der Waals surface area (Å²) in [4.78, 5) is 0. The number of hydrogen-bond donors (Lipinski definition) is 1. The first-order valence-electron chi connectivity index (χ1n) is 7.15. The highest BCUT2D eigenvalue weighted by molar-refractivity contribution is 6.32. The van der Waals surface area contributed by atoms with Crippen molar-refractivity contribution in [1.29, 1.82) is 0 Å². The predicted molar refractivity (Wildman–Crippen MR) is 93.2 cm³/mol. The first kappa shape index (κ1) is 13.9. The van der Waals surface area contributed by atoms with Crippen LogP contribution in [0.5, 0.6) is 5.75 Å². The molecule has 1 nitrogen and oxygen atoms in total. The lowest BCUT2D eigenvalue weighted by Crippen LogP contribution is -2.14. The van der Waals surface area contributed by atoms with E-state index in [4.69, 9.17) is 23.2 Å². The molecule has 1 aliphatic carbocycles. The van der Waals surface area contributed by atoms with Crippen LogP contribution in [-0.4, -0.2) is 5.11 Å². The van der Waals surface area contributed by atoms with Crippen LogP contribution in [0.4, 0.5) is 0 Å². The molecule has 0 radical (unpaired) electrons. The van der Waals surface area contributed by atoms with Gasteiger partial charge < -0.3 is 5.11 Å². The Hall–Kier alpha value is -1.70. The van der Waals surface area contributed by atoms with Crippen LogP contribution in [0.1, 0.15) is 25.0 Å². The fourth-order valence-electron chi connectivity index (χ4n) is 3.56. The van der Waals surface area contributed by atoms with E-state index in [0.717, 1.165) is 21.4 Å². The minimum Gasteiger partial charge on any atom is -0.507 e. The molecule has 0 spiro atoms. The Morgan fingerprint density at radius 3 is 2.27 bits per heavy atom. The van der Waals surface area contributed by atoms with Crippen molar-refractivity contribution in [2.45, 2.75) is 19.3 Å². The number of phenols is 1. The first-order valence-corrected chi connectivity index (χ1v) is 7.91. The lowest BCUT2D eigenvalue weighted by Gasteiger charge is -2.22. The van der Waals surface area contributed by atoms with Crippen molar-refractivity contribution in [2.75, 3.05) is 0 Å². The number of rotatable bonds is 0. The van der Waals surface area contributed by atoms with Crippen molar-refractivity contribution in [1.82, 2.24) is 0 Å². The quantitative estimate of drug-likeness (QED) is 0.524. The van der Waals surface area contributed by atoms with Gasteiger partial charge in [0.05, 0.1) is 0 Å². The van der Waals surface area contributed by atoms with Crippen molar-refractivity contribution < 1.29 is 5.11 Å². The van der Waals surface area contributed by atoms with Gasteiger partial charge in [0.2, 0.25) is 0 Å². The third kappa shape index (κ3) is 1.73. The van der Waals surface area contributed by atoms with Crippen LogP contribution in [0.15, 0.2) is 42.5 Å². The van der Waals surface area contributed by atoms with Gasteiger partial charge in [0.25, 0.3) is 0 Å². The molecule has 0 amide bonds. The van der Waals surface area contributed by atoms with Gasteiger partial charge in [0.15, 0.2) is 0 Å². The van der Waals surface area contributed by atoms with Crippen molar-refractivity contribution in [3.05, 3.63) is 63.6 Å². The van der Waals surface area contributed by atoms with Crippen LogP contribution in [0.3, 0.4) is 0 Å². The minimum absolute atomic E-state index is 0.194. The van der Waals surface area contributed by atoms with E-state index in [-0.39, 0.29) is 11.2 Å². The van der Waals surface area contributed by atoms with Crippen molar-refractivity contribution >= 4 is 34.0 Å². The third-order valence-electron chi connectivity index (χ3n) is 4.67. The molecule has 1 aliphatic rings. The monoisotopic (exact) mass is 328 g/mol. The summed E-state index contributed by atoms with van der Waals surface area (Å²) in [6, 6.07) is 13.5. The predicted octanol–water partition coefficient (Wildman–Crippen LogP) is 6.16. The van der Waals surface area contributed by atoms with Crippen molar-refractivity contribution in [2.24, 2.45) is 0 Å². The van der Waals surface area contributed by atoms with Crippen LogP contribution in [0.2, 0.25) is 10.0 Å². The summed E-state index contributed by atoms with van der Waals surface area (Å²) < 4.78 is 0. The maximum absolute atomic E-state index is 10.4. The van der Waals surface area contributed by atoms with E-state index in [1.54, 1.807) is 0 Å². The highest BCUT2D eigenvalue weighted by Crippen LogP contribution is 2.53. The summed E-state index contributed by atoms with van der Waals surface area (Å²) in [6.45, 7) is 4.32. The molecule has 0 saturated heterocycles. The second kappa shape index (κ2) is 4.41. The highest BCUT2D eigenvalue weighted by Gasteiger charge is 2.37. The molecule has 0 atom stereocenters. The molecule has 0 aliphatic heterocycles. The molecule has 4 rings (SSSR count). The standard InChI is InChI=1S/C19H14Cl2O/c1-19(2)15-8-11(21)4-6-13(15)18-12-5-3-10(20)7-14(12)17(22)9-16(18)19/h3-9,22H,1-2H3. The second-order valence-corrected chi connectivity index (χ2v) is 7.20. The normalized spacial score (nSPS) is 14.9. The Morgan fingerprint density at radius 2 is 1.50 bits per heavy atom. The van der Waals surface area contributed by atoms with Gasteiger partial charge in [0.1, 0.15) is 5.75 Å². The highest BCUT2D eigenvalue weighted by atomic mass is 35.5. The van der Waals surface area contributed by atoms with Crippen molar-refractivity contribution in [3.8, 4) is 16.9 Å². The van der Waals surface area contributed by atoms with Crippen LogP contribution in [0.25, 0.3) is 21.9 Å². The lowest BCUT2D eigenvalue weighted by molar-refractivity contribution is 0.479. The Morgan fingerprint density at radius 1 is 0.818 bits per heavy atom. The molecule has 0 fully saturated rings. The fraction of sp³-hybridized carbons (Fsp3) is 0.158. The molecule has 0 heterocycles. The van der Waals surface area contributed by atoms with Gasteiger partial charge in [-0.15, -0.1) is 0 Å².